The van der Waals surface area contributed by atoms with Gasteiger partial charge in [-0.1, -0.05) is 31.9 Å². The summed E-state index contributed by atoms with van der Waals surface area (Å²) in [6, 6.07) is 6.40. The number of hydrogen-bond acceptors (Lipinski definition) is 5. The molecule has 2 fully saturated rings. The number of aromatic amines is 1. The predicted octanol–water partition coefficient (Wildman–Crippen LogP) is 4.07. The van der Waals surface area contributed by atoms with Crippen LogP contribution in [0, 0.1) is 19.8 Å². The highest BCUT2D eigenvalue weighted by Crippen LogP contribution is 2.35. The van der Waals surface area contributed by atoms with Crippen LogP contribution in [0.1, 0.15) is 80.0 Å². The Balaban J connectivity index is 1.67. The maximum atomic E-state index is 13.4. The van der Waals surface area contributed by atoms with Gasteiger partial charge in [-0.2, -0.15) is 0 Å². The largest absolute Gasteiger partial charge is 0.321 e. The summed E-state index contributed by atoms with van der Waals surface area (Å²) >= 11 is 0. The molecule has 2 aliphatic rings. The highest BCUT2D eigenvalue weighted by molar-refractivity contribution is 5.83. The Morgan fingerprint density at radius 2 is 1.94 bits per heavy atom. The standard InChI is InChI=1S/C24H32N6O/c1-15-7-6-12-29(14-15)22(23-26-27-28-30(23)19-8-4-5-9-19)20-13-18-11-10-16(2)17(3)21(18)25-24(20)31/h10-11,13,15,19,22H,4-9,12,14H2,1-3H3,(H,25,31)/t15-,22-/m1/s1. The van der Waals surface area contributed by atoms with Gasteiger partial charge in [0, 0.05) is 12.1 Å². The Bertz CT molecular complexity index is 1140. The van der Waals surface area contributed by atoms with Gasteiger partial charge in [0.15, 0.2) is 5.82 Å². The summed E-state index contributed by atoms with van der Waals surface area (Å²) in [4.78, 5) is 19.0. The molecule has 1 N–H and O–H groups in total. The lowest BCUT2D eigenvalue weighted by atomic mass is 9.95. The third kappa shape index (κ3) is 3.69. The molecule has 3 heterocycles. The van der Waals surface area contributed by atoms with E-state index in [1.807, 2.05) is 4.68 Å². The van der Waals surface area contributed by atoms with Crippen molar-refractivity contribution >= 4 is 10.9 Å². The van der Waals surface area contributed by atoms with Gasteiger partial charge in [0.05, 0.1) is 11.6 Å². The van der Waals surface area contributed by atoms with E-state index in [2.05, 4.69) is 64.4 Å². The molecule has 164 valence electrons. The molecule has 5 rings (SSSR count). The number of nitrogens with zero attached hydrogens (tertiary/aromatic N) is 5. The second-order valence-electron chi connectivity index (χ2n) is 9.59. The van der Waals surface area contributed by atoms with Crippen LogP contribution in [0.15, 0.2) is 23.0 Å². The van der Waals surface area contributed by atoms with Gasteiger partial charge in [0.1, 0.15) is 6.04 Å². The molecule has 0 unspecified atom stereocenters. The molecule has 0 radical (unpaired) electrons. The molecule has 1 saturated heterocycles. The Labute approximate surface area is 182 Å². The van der Waals surface area contributed by atoms with E-state index in [4.69, 9.17) is 0 Å². The van der Waals surface area contributed by atoms with Crippen LogP contribution in [0.4, 0.5) is 0 Å². The molecule has 1 saturated carbocycles. The zero-order valence-electron chi connectivity index (χ0n) is 18.8. The van der Waals surface area contributed by atoms with Gasteiger partial charge < -0.3 is 4.98 Å². The Morgan fingerprint density at radius 1 is 1.13 bits per heavy atom. The summed E-state index contributed by atoms with van der Waals surface area (Å²) in [6.45, 7) is 8.34. The van der Waals surface area contributed by atoms with E-state index >= 15 is 0 Å². The van der Waals surface area contributed by atoms with E-state index in [0.29, 0.717) is 12.0 Å². The lowest BCUT2D eigenvalue weighted by Gasteiger charge is -2.36. The number of rotatable bonds is 4. The maximum absolute atomic E-state index is 13.4. The Hall–Kier alpha value is -2.54. The van der Waals surface area contributed by atoms with E-state index in [9.17, 15) is 4.79 Å². The fourth-order valence-corrected chi connectivity index (χ4v) is 5.49. The van der Waals surface area contributed by atoms with Crippen LogP contribution in [-0.4, -0.2) is 43.2 Å². The third-order valence-corrected chi connectivity index (χ3v) is 7.36. The van der Waals surface area contributed by atoms with Crippen molar-refractivity contribution < 1.29 is 0 Å². The Morgan fingerprint density at radius 3 is 2.71 bits per heavy atom. The number of benzene rings is 1. The highest BCUT2D eigenvalue weighted by Gasteiger charge is 2.34. The monoisotopic (exact) mass is 420 g/mol. The topological polar surface area (TPSA) is 79.7 Å². The number of fused-ring (bicyclic) bond motifs is 1. The van der Waals surface area contributed by atoms with Crippen LogP contribution >= 0.6 is 0 Å². The van der Waals surface area contributed by atoms with Crippen LogP contribution < -0.4 is 5.56 Å². The van der Waals surface area contributed by atoms with Crippen LogP contribution in [0.5, 0.6) is 0 Å². The minimum Gasteiger partial charge on any atom is -0.321 e. The third-order valence-electron chi connectivity index (χ3n) is 7.36. The summed E-state index contributed by atoms with van der Waals surface area (Å²) in [6.07, 6.45) is 6.99. The molecule has 7 nitrogen and oxygen atoms in total. The average Bonchev–Trinajstić information content (AvgIpc) is 3.44. The summed E-state index contributed by atoms with van der Waals surface area (Å²) < 4.78 is 2.01. The van der Waals surface area contributed by atoms with Crippen molar-refractivity contribution in [3.8, 4) is 0 Å². The van der Waals surface area contributed by atoms with Crippen molar-refractivity contribution in [3.63, 3.8) is 0 Å². The molecule has 31 heavy (non-hydrogen) atoms. The van der Waals surface area contributed by atoms with Gasteiger partial charge in [-0.05, 0) is 85.0 Å². The van der Waals surface area contributed by atoms with E-state index in [0.717, 1.165) is 60.2 Å². The number of likely N-dealkylation sites (tertiary alicyclic amines) is 1. The van der Waals surface area contributed by atoms with Gasteiger partial charge in [-0.15, -0.1) is 5.10 Å². The molecule has 1 aromatic carbocycles. The second kappa shape index (κ2) is 8.19. The molecular formula is C24H32N6O. The normalized spacial score (nSPS) is 21.7. The van der Waals surface area contributed by atoms with Crippen molar-refractivity contribution in [2.75, 3.05) is 13.1 Å². The van der Waals surface area contributed by atoms with Crippen molar-refractivity contribution in [3.05, 3.63) is 51.1 Å². The van der Waals surface area contributed by atoms with E-state index in [1.165, 1.54) is 24.8 Å². The summed E-state index contributed by atoms with van der Waals surface area (Å²) in [5.41, 5.74) is 3.95. The van der Waals surface area contributed by atoms with E-state index in [-0.39, 0.29) is 11.6 Å². The smallest absolute Gasteiger partial charge is 0.253 e. The molecule has 1 aliphatic carbocycles. The van der Waals surface area contributed by atoms with Gasteiger partial charge in [-0.25, -0.2) is 4.68 Å². The fraction of sp³-hybridized carbons (Fsp3) is 0.583. The molecule has 2 aromatic heterocycles. The van der Waals surface area contributed by atoms with Crippen LogP contribution in [-0.2, 0) is 0 Å². The van der Waals surface area contributed by atoms with Crippen LogP contribution in [0.3, 0.4) is 0 Å². The number of tetrazole rings is 1. The highest BCUT2D eigenvalue weighted by atomic mass is 16.1. The number of hydrogen-bond donors (Lipinski definition) is 1. The van der Waals surface area contributed by atoms with Crippen molar-refractivity contribution in [2.45, 2.75) is 71.4 Å². The van der Waals surface area contributed by atoms with Gasteiger partial charge in [0.25, 0.3) is 5.56 Å². The first-order valence-electron chi connectivity index (χ1n) is 11.7. The summed E-state index contributed by atoms with van der Waals surface area (Å²) in [5, 5.41) is 14.0. The van der Waals surface area contributed by atoms with Crippen LogP contribution in [0.25, 0.3) is 10.9 Å². The predicted molar refractivity (Wildman–Crippen MR) is 121 cm³/mol. The summed E-state index contributed by atoms with van der Waals surface area (Å²) in [7, 11) is 0. The number of aryl methyl sites for hydroxylation is 2. The number of aromatic nitrogens is 5. The minimum atomic E-state index is -0.229. The Kier molecular flexibility index (Phi) is 5.38. The van der Waals surface area contributed by atoms with Crippen LogP contribution in [0.2, 0.25) is 0 Å². The van der Waals surface area contributed by atoms with Gasteiger partial charge in [0.2, 0.25) is 0 Å². The first-order valence-corrected chi connectivity index (χ1v) is 11.7. The molecule has 2 atom stereocenters. The lowest BCUT2D eigenvalue weighted by Crippen LogP contribution is -2.41. The zero-order chi connectivity index (χ0) is 21.5. The first kappa shape index (κ1) is 20.4. The molecule has 0 bridgehead atoms. The molecule has 1 aliphatic heterocycles. The SMILES string of the molecule is Cc1ccc2cc([C@H](c3nnnn3C3CCCC3)N3CCC[C@@H](C)C3)c(=O)[nH]c2c1C. The fourth-order valence-electron chi connectivity index (χ4n) is 5.49. The average molecular weight is 421 g/mol. The molecule has 0 spiro atoms. The first-order chi connectivity index (χ1) is 15.0. The van der Waals surface area contributed by atoms with Crippen molar-refractivity contribution in [2.24, 2.45) is 5.92 Å². The molecule has 7 heteroatoms. The number of nitrogens with one attached hydrogen (secondary N) is 1. The second-order valence-corrected chi connectivity index (χ2v) is 9.59. The van der Waals surface area contributed by atoms with E-state index < -0.39 is 0 Å². The lowest BCUT2D eigenvalue weighted by molar-refractivity contribution is 0.139. The van der Waals surface area contributed by atoms with Crippen molar-refractivity contribution in [1.29, 1.82) is 0 Å². The molecular weight excluding hydrogens is 388 g/mol. The minimum absolute atomic E-state index is 0.0367. The maximum Gasteiger partial charge on any atom is 0.253 e. The molecule has 0 amide bonds. The van der Waals surface area contributed by atoms with E-state index in [1.54, 1.807) is 0 Å². The molecule has 3 aromatic rings. The van der Waals surface area contributed by atoms with Gasteiger partial charge >= 0.3 is 0 Å². The quantitative estimate of drug-likeness (QED) is 0.688. The number of H-pyrrole nitrogens is 1. The van der Waals surface area contributed by atoms with Gasteiger partial charge in [-0.3, -0.25) is 9.69 Å². The number of piperidine rings is 1. The zero-order valence-corrected chi connectivity index (χ0v) is 18.8. The van der Waals surface area contributed by atoms with Crippen molar-refractivity contribution in [1.82, 2.24) is 30.1 Å². The number of pyridine rings is 1. The summed E-state index contributed by atoms with van der Waals surface area (Å²) in [5.74, 6) is 1.41.